The maximum atomic E-state index is 2.46. The molecule has 0 aliphatic carbocycles. The molecule has 78 valence electrons. The van der Waals surface area contributed by atoms with Crippen molar-refractivity contribution in [3.05, 3.63) is 0 Å². The summed E-state index contributed by atoms with van der Waals surface area (Å²) in [6.45, 7) is 5.69. The van der Waals surface area contributed by atoms with Crippen LogP contribution in [0.3, 0.4) is 0 Å². The van der Waals surface area contributed by atoms with Gasteiger partial charge in [-0.15, -0.1) is 3.98 Å². The Morgan fingerprint density at radius 3 is 2.77 bits per heavy atom. The third kappa shape index (κ3) is 5.18. The summed E-state index contributed by atoms with van der Waals surface area (Å²) in [4.78, 5) is 0. The maximum absolute atomic E-state index is 2.46. The van der Waals surface area contributed by atoms with Gasteiger partial charge in [-0.25, -0.2) is 0 Å². The first-order chi connectivity index (χ1) is 5.88. The summed E-state index contributed by atoms with van der Waals surface area (Å²) in [7, 11) is 0. The zero-order valence-electron chi connectivity index (χ0n) is 8.09. The van der Waals surface area contributed by atoms with Crippen molar-refractivity contribution >= 4 is 39.8 Å². The van der Waals surface area contributed by atoms with Crippen LogP contribution in [0.1, 0.15) is 20.3 Å². The zero-order valence-corrected chi connectivity index (χ0v) is 12.7. The minimum absolute atomic E-state index is 0. The summed E-state index contributed by atoms with van der Waals surface area (Å²) in [6, 6.07) is 0. The van der Waals surface area contributed by atoms with Crippen LogP contribution in [0, 0.1) is 0 Å². The Morgan fingerprint density at radius 1 is 1.38 bits per heavy atom. The Kier molecular flexibility index (Phi) is 9.71. The van der Waals surface area contributed by atoms with Crippen LogP contribution < -0.4 is 24.0 Å². The van der Waals surface area contributed by atoms with Crippen molar-refractivity contribution in [2.75, 3.05) is 23.8 Å². The average Bonchev–Trinajstić information content (AvgIpc) is 2.09. The van der Waals surface area contributed by atoms with Gasteiger partial charge in [0, 0.05) is 17.9 Å². The fraction of sp³-hybridized carbons (Fsp3) is 0.875. The Labute approximate surface area is 111 Å². The standard InChI is InChI=1S/C8H16NS3.HI/c1-3-10-8-9(12-4-2)6-5-7-11-8;/h3-7H2,1-2H3;1H/q+1;/p-1. The molecule has 1 nitrogen and oxygen atoms in total. The van der Waals surface area contributed by atoms with Gasteiger partial charge in [0.1, 0.15) is 0 Å². The second kappa shape index (κ2) is 8.73. The van der Waals surface area contributed by atoms with Gasteiger partial charge in [-0.05, 0) is 23.5 Å². The van der Waals surface area contributed by atoms with E-state index in [0.29, 0.717) is 0 Å². The molecule has 0 aromatic rings. The molecule has 1 rings (SSSR count). The van der Waals surface area contributed by atoms with Crippen molar-refractivity contribution in [2.45, 2.75) is 20.3 Å². The molecule has 0 aromatic carbocycles. The normalized spacial score (nSPS) is 17.1. The molecular formula is C8H16INS3. The van der Waals surface area contributed by atoms with Gasteiger partial charge in [0.25, 0.3) is 4.38 Å². The molecule has 1 aliphatic heterocycles. The summed E-state index contributed by atoms with van der Waals surface area (Å²) < 4.78 is 3.98. The van der Waals surface area contributed by atoms with Crippen molar-refractivity contribution in [1.82, 2.24) is 0 Å². The van der Waals surface area contributed by atoms with Crippen molar-refractivity contribution in [1.29, 1.82) is 0 Å². The Bertz CT molecular complexity index is 155. The third-order valence-corrected chi connectivity index (χ3v) is 5.08. The maximum Gasteiger partial charge on any atom is 0.283 e. The molecule has 0 atom stereocenters. The van der Waals surface area contributed by atoms with E-state index in [1.165, 1.54) is 34.6 Å². The highest BCUT2D eigenvalue weighted by molar-refractivity contribution is 8.38. The van der Waals surface area contributed by atoms with Crippen LogP contribution in [0.5, 0.6) is 0 Å². The van der Waals surface area contributed by atoms with Gasteiger partial charge in [-0.3, -0.25) is 0 Å². The van der Waals surface area contributed by atoms with Crippen LogP contribution in [0.4, 0.5) is 0 Å². The van der Waals surface area contributed by atoms with E-state index in [9.17, 15) is 0 Å². The highest BCUT2D eigenvalue weighted by Gasteiger charge is 2.21. The molecule has 0 unspecified atom stereocenters. The van der Waals surface area contributed by atoms with Gasteiger partial charge in [0.2, 0.25) is 0 Å². The predicted molar refractivity (Wildman–Crippen MR) is 63.5 cm³/mol. The molecule has 0 radical (unpaired) electrons. The fourth-order valence-corrected chi connectivity index (χ4v) is 4.45. The average molecular weight is 349 g/mol. The van der Waals surface area contributed by atoms with Crippen molar-refractivity contribution in [3.8, 4) is 0 Å². The molecule has 1 heterocycles. The van der Waals surface area contributed by atoms with Gasteiger partial charge >= 0.3 is 0 Å². The van der Waals surface area contributed by atoms with Gasteiger partial charge in [0.05, 0.1) is 5.75 Å². The lowest BCUT2D eigenvalue weighted by molar-refractivity contribution is -0.342. The van der Waals surface area contributed by atoms with Crippen LogP contribution in [0.15, 0.2) is 0 Å². The first-order valence-electron chi connectivity index (χ1n) is 4.41. The molecule has 5 heteroatoms. The van der Waals surface area contributed by atoms with Crippen molar-refractivity contribution in [2.24, 2.45) is 0 Å². The van der Waals surface area contributed by atoms with Crippen LogP contribution in [-0.4, -0.2) is 32.2 Å². The van der Waals surface area contributed by atoms with Crippen LogP contribution in [0.2, 0.25) is 0 Å². The van der Waals surface area contributed by atoms with Crippen LogP contribution in [0.25, 0.3) is 0 Å². The molecule has 0 N–H and O–H groups in total. The van der Waals surface area contributed by atoms with Crippen LogP contribution >= 0.6 is 35.5 Å². The second-order valence-electron chi connectivity index (χ2n) is 2.42. The third-order valence-electron chi connectivity index (χ3n) is 1.49. The van der Waals surface area contributed by atoms with E-state index < -0.39 is 0 Å². The minimum Gasteiger partial charge on any atom is -1.00 e. The lowest BCUT2D eigenvalue weighted by atomic mass is 10.5. The molecule has 0 saturated carbocycles. The number of thioether (sulfide) groups is 2. The quantitative estimate of drug-likeness (QED) is 0.399. The van der Waals surface area contributed by atoms with Gasteiger partial charge < -0.3 is 24.0 Å². The van der Waals surface area contributed by atoms with E-state index in [1.54, 1.807) is 0 Å². The largest absolute Gasteiger partial charge is 1.00 e. The van der Waals surface area contributed by atoms with E-state index in [2.05, 4.69) is 17.8 Å². The number of rotatable bonds is 3. The van der Waals surface area contributed by atoms with Gasteiger partial charge in [-0.1, -0.05) is 13.8 Å². The molecule has 13 heavy (non-hydrogen) atoms. The second-order valence-corrected chi connectivity index (χ2v) is 6.29. The molecule has 0 saturated heterocycles. The first-order valence-corrected chi connectivity index (χ1v) is 7.32. The van der Waals surface area contributed by atoms with E-state index in [0.717, 1.165) is 0 Å². The molecule has 0 spiro atoms. The fourth-order valence-electron chi connectivity index (χ4n) is 1.04. The molecule has 0 aromatic heterocycles. The predicted octanol–water partition coefficient (Wildman–Crippen LogP) is -0.0830. The smallest absolute Gasteiger partial charge is 0.283 e. The zero-order chi connectivity index (χ0) is 8.81. The molecule has 0 fully saturated rings. The summed E-state index contributed by atoms with van der Waals surface area (Å²) in [5.74, 6) is 3.69. The summed E-state index contributed by atoms with van der Waals surface area (Å²) in [5.41, 5.74) is 0. The monoisotopic (exact) mass is 349 g/mol. The molecular weight excluding hydrogens is 333 g/mol. The lowest BCUT2D eigenvalue weighted by Crippen LogP contribution is -3.00. The van der Waals surface area contributed by atoms with E-state index in [4.69, 9.17) is 0 Å². The highest BCUT2D eigenvalue weighted by atomic mass is 127. The minimum atomic E-state index is 0. The van der Waals surface area contributed by atoms with E-state index in [-0.39, 0.29) is 24.0 Å². The van der Waals surface area contributed by atoms with Crippen LogP contribution in [-0.2, 0) is 0 Å². The Hall–Kier alpha value is 1.45. The summed E-state index contributed by atoms with van der Waals surface area (Å²) in [6.07, 6.45) is 1.34. The van der Waals surface area contributed by atoms with Crippen molar-refractivity contribution < 1.29 is 28.0 Å². The van der Waals surface area contributed by atoms with E-state index >= 15 is 0 Å². The van der Waals surface area contributed by atoms with Gasteiger partial charge in [0.15, 0.2) is 18.5 Å². The van der Waals surface area contributed by atoms with E-state index in [1.807, 2.05) is 35.5 Å². The summed E-state index contributed by atoms with van der Waals surface area (Å²) >= 11 is 5.96. The Balaban J connectivity index is 0.00000144. The summed E-state index contributed by atoms with van der Waals surface area (Å²) in [5, 5.41) is 0. The number of halogens is 1. The Morgan fingerprint density at radius 2 is 2.15 bits per heavy atom. The van der Waals surface area contributed by atoms with Gasteiger partial charge in [-0.2, -0.15) is 0 Å². The SMILES string of the molecule is CCSC1=[N+](SCC)CCCS1.[I-]. The molecule has 0 bridgehead atoms. The molecule has 1 aliphatic rings. The first kappa shape index (κ1) is 14.5. The topological polar surface area (TPSA) is 3.01 Å². The lowest BCUT2D eigenvalue weighted by Gasteiger charge is -2.10. The number of hydrogen-bond acceptors (Lipinski definition) is 3. The highest BCUT2D eigenvalue weighted by Crippen LogP contribution is 2.24. The number of hydrogen-bond donors (Lipinski definition) is 0. The number of nitrogens with zero attached hydrogens (tertiary/aromatic N) is 1. The molecule has 0 amide bonds. The van der Waals surface area contributed by atoms with Crippen molar-refractivity contribution in [3.63, 3.8) is 0 Å².